The zero-order valence-electron chi connectivity index (χ0n) is 11.3. The molecule has 106 valence electrons. The number of para-hydroxylation sites is 1. The van der Waals surface area contributed by atoms with Crippen molar-refractivity contribution < 1.29 is 9.53 Å². The van der Waals surface area contributed by atoms with Gasteiger partial charge in [-0.05, 0) is 43.3 Å². The molecule has 0 heterocycles. The van der Waals surface area contributed by atoms with Crippen LogP contribution in [0.1, 0.15) is 12.5 Å². The molecule has 1 N–H and O–H groups in total. The first-order valence-corrected chi connectivity index (χ1v) is 6.70. The van der Waals surface area contributed by atoms with Crippen LogP contribution in [0.5, 0.6) is 5.75 Å². The number of nitriles is 1. The van der Waals surface area contributed by atoms with Crippen molar-refractivity contribution >= 4 is 23.2 Å². The molecule has 0 fully saturated rings. The maximum atomic E-state index is 12.0. The minimum atomic E-state index is -0.727. The first kappa shape index (κ1) is 14.9. The second-order valence-electron chi connectivity index (χ2n) is 4.36. The highest BCUT2D eigenvalue weighted by molar-refractivity contribution is 6.30. The summed E-state index contributed by atoms with van der Waals surface area (Å²) in [6, 6.07) is 15.6. The van der Waals surface area contributed by atoms with Gasteiger partial charge in [0.25, 0.3) is 5.91 Å². The van der Waals surface area contributed by atoms with Gasteiger partial charge in [-0.15, -0.1) is 0 Å². The molecule has 0 radical (unpaired) electrons. The molecule has 0 aliphatic heterocycles. The van der Waals surface area contributed by atoms with Crippen molar-refractivity contribution in [3.05, 3.63) is 59.1 Å². The van der Waals surface area contributed by atoms with Crippen molar-refractivity contribution in [3.63, 3.8) is 0 Å². The Bertz CT molecular complexity index is 677. The summed E-state index contributed by atoms with van der Waals surface area (Å²) in [6.45, 7) is 1.62. The first-order valence-electron chi connectivity index (χ1n) is 6.32. The number of carbonyl (C=O) groups is 1. The standard InChI is InChI=1S/C16H13ClN2O2/c1-11(21-15-5-3-2-4-12(15)10-18)16(20)19-14-8-6-13(17)7-9-14/h2-9,11H,1H3,(H,19,20)/t11-/m0/s1. The number of hydrogen-bond acceptors (Lipinski definition) is 3. The Balaban J connectivity index is 2.03. The van der Waals surface area contributed by atoms with Gasteiger partial charge in [-0.2, -0.15) is 5.26 Å². The maximum Gasteiger partial charge on any atom is 0.265 e. The predicted molar refractivity (Wildman–Crippen MR) is 81.3 cm³/mol. The molecule has 2 aromatic carbocycles. The van der Waals surface area contributed by atoms with Gasteiger partial charge >= 0.3 is 0 Å². The molecule has 2 rings (SSSR count). The molecule has 2 aromatic rings. The SMILES string of the molecule is C[C@H](Oc1ccccc1C#N)C(=O)Nc1ccc(Cl)cc1. The molecule has 5 heteroatoms. The van der Waals surface area contributed by atoms with Gasteiger partial charge in [0, 0.05) is 10.7 Å². The molecular formula is C16H13ClN2O2. The van der Waals surface area contributed by atoms with E-state index in [1.165, 1.54) is 0 Å². The van der Waals surface area contributed by atoms with Gasteiger partial charge in [0.05, 0.1) is 5.56 Å². The van der Waals surface area contributed by atoms with Crippen molar-refractivity contribution in [1.82, 2.24) is 0 Å². The number of rotatable bonds is 4. The van der Waals surface area contributed by atoms with Gasteiger partial charge in [0.15, 0.2) is 6.10 Å². The average molecular weight is 301 g/mol. The van der Waals surface area contributed by atoms with Crippen LogP contribution in [0.3, 0.4) is 0 Å². The second-order valence-corrected chi connectivity index (χ2v) is 4.80. The molecule has 21 heavy (non-hydrogen) atoms. The summed E-state index contributed by atoms with van der Waals surface area (Å²) in [7, 11) is 0. The van der Waals surface area contributed by atoms with Crippen LogP contribution in [0, 0.1) is 11.3 Å². The number of nitrogens with one attached hydrogen (secondary N) is 1. The molecular weight excluding hydrogens is 288 g/mol. The fraction of sp³-hybridized carbons (Fsp3) is 0.125. The van der Waals surface area contributed by atoms with E-state index in [4.69, 9.17) is 21.6 Å². The van der Waals surface area contributed by atoms with E-state index in [-0.39, 0.29) is 5.91 Å². The minimum absolute atomic E-state index is 0.301. The molecule has 0 saturated heterocycles. The molecule has 0 aromatic heterocycles. The number of halogens is 1. The maximum absolute atomic E-state index is 12.0. The van der Waals surface area contributed by atoms with E-state index < -0.39 is 6.10 Å². The fourth-order valence-corrected chi connectivity index (χ4v) is 1.81. The van der Waals surface area contributed by atoms with Crippen molar-refractivity contribution in [1.29, 1.82) is 5.26 Å². The van der Waals surface area contributed by atoms with Gasteiger partial charge in [-0.1, -0.05) is 23.7 Å². The molecule has 0 saturated carbocycles. The number of anilines is 1. The van der Waals surface area contributed by atoms with E-state index in [2.05, 4.69) is 5.32 Å². The summed E-state index contributed by atoms with van der Waals surface area (Å²) in [6.07, 6.45) is -0.727. The third-order valence-electron chi connectivity index (χ3n) is 2.79. The van der Waals surface area contributed by atoms with E-state index in [0.29, 0.717) is 22.0 Å². The largest absolute Gasteiger partial charge is 0.480 e. The van der Waals surface area contributed by atoms with E-state index in [0.717, 1.165) is 0 Å². The Morgan fingerprint density at radius 1 is 1.24 bits per heavy atom. The van der Waals surface area contributed by atoms with E-state index in [9.17, 15) is 4.79 Å². The molecule has 0 bridgehead atoms. The topological polar surface area (TPSA) is 62.1 Å². The third-order valence-corrected chi connectivity index (χ3v) is 3.04. The van der Waals surface area contributed by atoms with Crippen LogP contribution in [0.15, 0.2) is 48.5 Å². The van der Waals surface area contributed by atoms with Crippen molar-refractivity contribution in [3.8, 4) is 11.8 Å². The fourth-order valence-electron chi connectivity index (χ4n) is 1.68. The Kier molecular flexibility index (Phi) is 4.81. The van der Waals surface area contributed by atoms with E-state index in [1.54, 1.807) is 55.5 Å². The number of carbonyl (C=O) groups excluding carboxylic acids is 1. The van der Waals surface area contributed by atoms with Crippen molar-refractivity contribution in [2.24, 2.45) is 0 Å². The molecule has 1 amide bonds. The van der Waals surface area contributed by atoms with Crippen LogP contribution in [0.2, 0.25) is 5.02 Å². The lowest BCUT2D eigenvalue weighted by Crippen LogP contribution is -2.30. The van der Waals surface area contributed by atoms with Crippen LogP contribution in [-0.2, 0) is 4.79 Å². The molecule has 1 atom stereocenters. The highest BCUT2D eigenvalue weighted by Gasteiger charge is 2.16. The van der Waals surface area contributed by atoms with Gasteiger partial charge in [-0.3, -0.25) is 4.79 Å². The number of benzene rings is 2. The zero-order valence-corrected chi connectivity index (χ0v) is 12.1. The number of nitrogens with zero attached hydrogens (tertiary/aromatic N) is 1. The Morgan fingerprint density at radius 3 is 2.57 bits per heavy atom. The molecule has 0 aliphatic carbocycles. The van der Waals surface area contributed by atoms with Crippen LogP contribution in [0.25, 0.3) is 0 Å². The van der Waals surface area contributed by atoms with Gasteiger partial charge < -0.3 is 10.1 Å². The van der Waals surface area contributed by atoms with Gasteiger partial charge in [0.1, 0.15) is 11.8 Å². The summed E-state index contributed by atoms with van der Waals surface area (Å²) >= 11 is 5.78. The Labute approximate surface area is 127 Å². The summed E-state index contributed by atoms with van der Waals surface area (Å²) in [5.74, 6) is 0.0869. The lowest BCUT2D eigenvalue weighted by molar-refractivity contribution is -0.122. The summed E-state index contributed by atoms with van der Waals surface area (Å²) in [4.78, 5) is 12.0. The monoisotopic (exact) mass is 300 g/mol. The summed E-state index contributed by atoms with van der Waals surface area (Å²) < 4.78 is 5.53. The highest BCUT2D eigenvalue weighted by atomic mass is 35.5. The molecule has 0 spiro atoms. The molecule has 0 aliphatic rings. The quantitative estimate of drug-likeness (QED) is 0.938. The van der Waals surface area contributed by atoms with Crippen LogP contribution < -0.4 is 10.1 Å². The number of hydrogen-bond donors (Lipinski definition) is 1. The first-order chi connectivity index (χ1) is 10.1. The molecule has 0 unspecified atom stereocenters. The lowest BCUT2D eigenvalue weighted by atomic mass is 10.2. The van der Waals surface area contributed by atoms with Gasteiger partial charge in [0.2, 0.25) is 0 Å². The van der Waals surface area contributed by atoms with Crippen molar-refractivity contribution in [2.75, 3.05) is 5.32 Å². The lowest BCUT2D eigenvalue weighted by Gasteiger charge is -2.15. The van der Waals surface area contributed by atoms with E-state index in [1.807, 2.05) is 6.07 Å². The van der Waals surface area contributed by atoms with Gasteiger partial charge in [-0.25, -0.2) is 0 Å². The van der Waals surface area contributed by atoms with Crippen LogP contribution in [0.4, 0.5) is 5.69 Å². The number of amides is 1. The van der Waals surface area contributed by atoms with Crippen LogP contribution in [-0.4, -0.2) is 12.0 Å². The Hall–Kier alpha value is -2.51. The second kappa shape index (κ2) is 6.78. The Morgan fingerprint density at radius 2 is 1.90 bits per heavy atom. The van der Waals surface area contributed by atoms with E-state index >= 15 is 0 Å². The number of ether oxygens (including phenoxy) is 1. The normalized spacial score (nSPS) is 11.3. The zero-order chi connectivity index (χ0) is 15.2. The van der Waals surface area contributed by atoms with Crippen molar-refractivity contribution in [2.45, 2.75) is 13.0 Å². The summed E-state index contributed by atoms with van der Waals surface area (Å²) in [5, 5.41) is 12.3. The smallest absolute Gasteiger partial charge is 0.265 e. The molecule has 4 nitrogen and oxygen atoms in total. The average Bonchev–Trinajstić information content (AvgIpc) is 2.50. The summed E-state index contributed by atoms with van der Waals surface area (Å²) in [5.41, 5.74) is 1.03. The minimum Gasteiger partial charge on any atom is -0.480 e. The van der Waals surface area contributed by atoms with Crippen LogP contribution >= 0.6 is 11.6 Å². The predicted octanol–water partition coefficient (Wildman–Crippen LogP) is 3.62. The third kappa shape index (κ3) is 3.98. The highest BCUT2D eigenvalue weighted by Crippen LogP contribution is 2.19.